The molecule has 70 valence electrons. The molecule has 1 saturated heterocycles. The molecule has 1 aromatic rings. The van der Waals surface area contributed by atoms with E-state index in [1.54, 1.807) is 0 Å². The highest BCUT2D eigenvalue weighted by atomic mass is 33.1. The highest BCUT2D eigenvalue weighted by molar-refractivity contribution is 8.68. The van der Waals surface area contributed by atoms with E-state index in [2.05, 4.69) is 11.7 Å². The molecule has 0 atom stereocenters. The van der Waals surface area contributed by atoms with Crippen molar-refractivity contribution in [2.75, 3.05) is 13.2 Å². The van der Waals surface area contributed by atoms with Crippen molar-refractivity contribution in [3.05, 3.63) is 29.8 Å². The third-order valence-electron chi connectivity index (χ3n) is 2.18. The Hall–Kier alpha value is -0.160. The molecule has 2 rings (SSSR count). The van der Waals surface area contributed by atoms with Crippen LogP contribution in [0.4, 0.5) is 0 Å². The van der Waals surface area contributed by atoms with Gasteiger partial charge >= 0.3 is 0 Å². The first-order valence-corrected chi connectivity index (χ1v) is 5.83. The Morgan fingerprint density at radius 3 is 2.31 bits per heavy atom. The normalized spacial score (nSPS) is 19.5. The summed E-state index contributed by atoms with van der Waals surface area (Å²) in [5.41, 5.74) is 0.171. The molecule has 4 heteroatoms. The van der Waals surface area contributed by atoms with Crippen molar-refractivity contribution >= 4 is 22.5 Å². The minimum absolute atomic E-state index is 0.403. The fourth-order valence-corrected chi connectivity index (χ4v) is 1.91. The molecule has 1 aliphatic heterocycles. The van der Waals surface area contributed by atoms with Crippen molar-refractivity contribution in [1.29, 1.82) is 0 Å². The highest BCUT2D eigenvalue weighted by Crippen LogP contribution is 2.31. The van der Waals surface area contributed by atoms with E-state index in [1.165, 1.54) is 10.8 Å². The lowest BCUT2D eigenvalue weighted by Gasteiger charge is -2.36. The molecule has 1 aliphatic rings. The van der Waals surface area contributed by atoms with Gasteiger partial charge in [-0.25, -0.2) is 0 Å². The van der Waals surface area contributed by atoms with Crippen LogP contribution in [-0.2, 0) is 10.3 Å². The summed E-state index contributed by atoms with van der Waals surface area (Å²) in [5.74, 6) is 0. The van der Waals surface area contributed by atoms with Gasteiger partial charge in [0, 0.05) is 4.90 Å². The van der Waals surface area contributed by atoms with E-state index >= 15 is 0 Å². The predicted molar refractivity (Wildman–Crippen MR) is 56.0 cm³/mol. The van der Waals surface area contributed by atoms with Gasteiger partial charge < -0.3 is 9.84 Å². The number of thiol groups is 1. The molecule has 13 heavy (non-hydrogen) atoms. The van der Waals surface area contributed by atoms with E-state index in [0.717, 1.165) is 10.5 Å². The minimum atomic E-state index is -0.750. The van der Waals surface area contributed by atoms with E-state index in [1.807, 2.05) is 24.3 Å². The smallest absolute Gasteiger partial charge is 0.136 e. The zero-order valence-corrected chi connectivity index (χ0v) is 8.65. The number of hydrogen-bond acceptors (Lipinski definition) is 4. The summed E-state index contributed by atoms with van der Waals surface area (Å²) in [5, 5.41) is 9.89. The van der Waals surface area contributed by atoms with E-state index in [-0.39, 0.29) is 0 Å². The molecule has 0 unspecified atom stereocenters. The van der Waals surface area contributed by atoms with Crippen LogP contribution >= 0.6 is 22.5 Å². The predicted octanol–water partition coefficient (Wildman–Crippen LogP) is 1.84. The van der Waals surface area contributed by atoms with Crippen molar-refractivity contribution in [1.82, 2.24) is 0 Å². The van der Waals surface area contributed by atoms with Crippen LogP contribution in [0.15, 0.2) is 29.2 Å². The lowest BCUT2D eigenvalue weighted by atomic mass is 9.92. The van der Waals surface area contributed by atoms with Crippen molar-refractivity contribution in [2.45, 2.75) is 10.5 Å². The minimum Gasteiger partial charge on any atom is -0.380 e. The number of aliphatic hydroxyl groups is 1. The molecule has 1 fully saturated rings. The van der Waals surface area contributed by atoms with Crippen LogP contribution in [-0.4, -0.2) is 18.3 Å². The molecule has 0 radical (unpaired) electrons. The molecule has 0 bridgehead atoms. The van der Waals surface area contributed by atoms with Crippen LogP contribution in [0, 0.1) is 0 Å². The zero-order valence-electron chi connectivity index (χ0n) is 6.93. The fraction of sp³-hybridized carbons (Fsp3) is 0.333. The van der Waals surface area contributed by atoms with Gasteiger partial charge in [-0.15, -0.1) is 11.7 Å². The number of rotatable bonds is 2. The maximum absolute atomic E-state index is 9.89. The standard InChI is InChI=1S/C9H10O2S2/c10-9(5-11-6-9)7-1-3-8(13-12)4-2-7/h1-4,10,12H,5-6H2. The third-order valence-corrected chi connectivity index (χ3v) is 3.29. The van der Waals surface area contributed by atoms with Crippen molar-refractivity contribution in [3.63, 3.8) is 0 Å². The van der Waals surface area contributed by atoms with E-state index in [0.29, 0.717) is 13.2 Å². The summed E-state index contributed by atoms with van der Waals surface area (Å²) in [6.07, 6.45) is 0. The number of benzene rings is 1. The first kappa shape index (κ1) is 9.40. The van der Waals surface area contributed by atoms with Gasteiger partial charge in [0.05, 0.1) is 13.2 Å². The van der Waals surface area contributed by atoms with E-state index in [9.17, 15) is 5.11 Å². The topological polar surface area (TPSA) is 29.5 Å². The molecule has 0 amide bonds. The number of ether oxygens (including phenoxy) is 1. The van der Waals surface area contributed by atoms with Gasteiger partial charge in [-0.3, -0.25) is 0 Å². The van der Waals surface area contributed by atoms with Gasteiger partial charge in [-0.2, -0.15) is 0 Å². The van der Waals surface area contributed by atoms with Gasteiger partial charge in [0.1, 0.15) is 5.60 Å². The third kappa shape index (κ3) is 1.72. The van der Waals surface area contributed by atoms with Crippen LogP contribution in [0.25, 0.3) is 0 Å². The Labute approximate surface area is 86.1 Å². The van der Waals surface area contributed by atoms with E-state index < -0.39 is 5.60 Å². The maximum atomic E-state index is 9.89. The quantitative estimate of drug-likeness (QED) is 0.581. The molecular formula is C9H10O2S2. The lowest BCUT2D eigenvalue weighted by molar-refractivity contribution is -0.184. The molecule has 0 aromatic heterocycles. The summed E-state index contributed by atoms with van der Waals surface area (Å²) < 4.78 is 4.98. The van der Waals surface area contributed by atoms with Crippen molar-refractivity contribution in [3.8, 4) is 0 Å². The molecule has 0 spiro atoms. The van der Waals surface area contributed by atoms with Crippen LogP contribution in [0.3, 0.4) is 0 Å². The molecule has 0 aliphatic carbocycles. The van der Waals surface area contributed by atoms with Crippen LogP contribution < -0.4 is 0 Å². The Morgan fingerprint density at radius 2 is 1.92 bits per heavy atom. The Morgan fingerprint density at radius 1 is 1.31 bits per heavy atom. The molecule has 1 N–H and O–H groups in total. The zero-order chi connectivity index (χ0) is 9.31. The van der Waals surface area contributed by atoms with Crippen molar-refractivity contribution < 1.29 is 9.84 Å². The van der Waals surface area contributed by atoms with Crippen molar-refractivity contribution in [2.24, 2.45) is 0 Å². The van der Waals surface area contributed by atoms with Gasteiger partial charge in [0.15, 0.2) is 0 Å². The average molecular weight is 214 g/mol. The largest absolute Gasteiger partial charge is 0.380 e. The average Bonchev–Trinajstić information content (AvgIpc) is 2.14. The maximum Gasteiger partial charge on any atom is 0.136 e. The van der Waals surface area contributed by atoms with Gasteiger partial charge in [0.25, 0.3) is 0 Å². The second-order valence-corrected chi connectivity index (χ2v) is 4.34. The van der Waals surface area contributed by atoms with Gasteiger partial charge in [-0.1, -0.05) is 22.9 Å². The molecule has 1 aromatic carbocycles. The highest BCUT2D eigenvalue weighted by Gasteiger charge is 2.37. The lowest BCUT2D eigenvalue weighted by Crippen LogP contribution is -2.46. The van der Waals surface area contributed by atoms with Crippen LogP contribution in [0.1, 0.15) is 5.56 Å². The summed E-state index contributed by atoms with van der Waals surface area (Å²) in [7, 11) is 1.40. The molecular weight excluding hydrogens is 204 g/mol. The molecule has 0 saturated carbocycles. The SMILES string of the molecule is OC1(c2ccc(SS)cc2)COC1. The summed E-state index contributed by atoms with van der Waals surface area (Å²) in [4.78, 5) is 1.08. The van der Waals surface area contributed by atoms with Gasteiger partial charge in [-0.05, 0) is 17.7 Å². The Kier molecular flexibility index (Phi) is 2.55. The van der Waals surface area contributed by atoms with Crippen LogP contribution in [0.5, 0.6) is 0 Å². The summed E-state index contributed by atoms with van der Waals surface area (Å²) in [6.45, 7) is 0.806. The van der Waals surface area contributed by atoms with Crippen LogP contribution in [0.2, 0.25) is 0 Å². The monoisotopic (exact) mass is 214 g/mol. The Balaban J connectivity index is 2.22. The first-order chi connectivity index (χ1) is 6.24. The second kappa shape index (κ2) is 3.53. The van der Waals surface area contributed by atoms with E-state index in [4.69, 9.17) is 4.74 Å². The summed E-state index contributed by atoms with van der Waals surface area (Å²) >= 11 is 4.08. The molecule has 2 nitrogen and oxygen atoms in total. The Bertz CT molecular complexity index is 293. The molecule has 1 heterocycles. The summed E-state index contributed by atoms with van der Waals surface area (Å²) in [6, 6.07) is 7.73. The first-order valence-electron chi connectivity index (χ1n) is 3.97. The number of hydrogen-bond donors (Lipinski definition) is 2. The van der Waals surface area contributed by atoms with Gasteiger partial charge in [0.2, 0.25) is 0 Å². The second-order valence-electron chi connectivity index (χ2n) is 3.14. The fourth-order valence-electron chi connectivity index (χ4n) is 1.29.